The molecule has 0 aliphatic carbocycles. The van der Waals surface area contributed by atoms with Gasteiger partial charge in [-0.2, -0.15) is 0 Å². The number of sulfone groups is 1. The number of nitrogens with zero attached hydrogens (tertiary/aromatic N) is 3. The average molecular weight is 364 g/mol. The number of aromatic nitrogens is 1. The summed E-state index contributed by atoms with van der Waals surface area (Å²) in [6.07, 6.45) is 3.60. The first-order valence-electron chi connectivity index (χ1n) is 8.37. The third-order valence-corrected chi connectivity index (χ3v) is 6.51. The van der Waals surface area contributed by atoms with Gasteiger partial charge in [0.2, 0.25) is 0 Å². The maximum absolute atomic E-state index is 12.9. The summed E-state index contributed by atoms with van der Waals surface area (Å²) in [6, 6.07) is 2.69. The summed E-state index contributed by atoms with van der Waals surface area (Å²) in [7, 11) is -3.15. The van der Waals surface area contributed by atoms with Crippen LogP contribution in [0.4, 0.5) is 5.82 Å². The van der Waals surface area contributed by atoms with E-state index in [2.05, 4.69) is 16.0 Å². The number of carbonyl (C=O) groups excluding carboxylic acids is 1. The first-order chi connectivity index (χ1) is 11.8. The van der Waals surface area contributed by atoms with E-state index in [0.717, 1.165) is 0 Å². The largest absolute Gasteiger partial charge is 0.384 e. The maximum Gasteiger partial charge on any atom is 0.254 e. The molecule has 0 aromatic carbocycles. The summed E-state index contributed by atoms with van der Waals surface area (Å²) in [4.78, 5) is 20.7. The molecule has 2 fully saturated rings. The monoisotopic (exact) mass is 364 g/mol. The molecule has 1 aromatic heterocycles. The lowest BCUT2D eigenvalue weighted by atomic mass is 10.0. The average Bonchev–Trinajstić information content (AvgIpc) is 2.87. The van der Waals surface area contributed by atoms with Crippen molar-refractivity contribution in [3.05, 3.63) is 35.5 Å². The Morgan fingerprint density at radius 2 is 2.04 bits per heavy atom. The molecule has 0 unspecified atom stereocenters. The van der Waals surface area contributed by atoms with Crippen molar-refractivity contribution in [2.45, 2.75) is 25.9 Å². The molecule has 0 saturated carbocycles. The number of nitrogen functional groups attached to an aromatic ring is 1. The van der Waals surface area contributed by atoms with E-state index in [0.29, 0.717) is 25.2 Å². The fraction of sp³-hybridized carbons (Fsp3) is 0.529. The molecule has 0 spiro atoms. The highest BCUT2D eigenvalue weighted by atomic mass is 32.2. The molecule has 2 aliphatic rings. The first kappa shape index (κ1) is 17.9. The van der Waals surface area contributed by atoms with Gasteiger partial charge in [0.15, 0.2) is 9.84 Å². The number of rotatable bonds is 3. The molecule has 136 valence electrons. The number of anilines is 1. The molecule has 2 N–H and O–H groups in total. The maximum atomic E-state index is 12.9. The van der Waals surface area contributed by atoms with Crippen LogP contribution in [0.5, 0.6) is 0 Å². The Kier molecular flexibility index (Phi) is 4.83. The fourth-order valence-corrected chi connectivity index (χ4v) is 5.56. The van der Waals surface area contributed by atoms with Crippen molar-refractivity contribution in [3.8, 4) is 0 Å². The number of nitrogens with two attached hydrogens (primary N) is 1. The lowest BCUT2D eigenvalue weighted by Gasteiger charge is -2.43. The Morgan fingerprint density at radius 3 is 2.72 bits per heavy atom. The molecule has 2 saturated heterocycles. The van der Waals surface area contributed by atoms with Crippen LogP contribution >= 0.6 is 0 Å². The first-order valence-corrected chi connectivity index (χ1v) is 10.2. The second kappa shape index (κ2) is 6.76. The van der Waals surface area contributed by atoms with Gasteiger partial charge < -0.3 is 10.6 Å². The van der Waals surface area contributed by atoms with Crippen molar-refractivity contribution >= 4 is 21.6 Å². The van der Waals surface area contributed by atoms with E-state index in [4.69, 9.17) is 5.73 Å². The summed E-state index contributed by atoms with van der Waals surface area (Å²) in [6.45, 7) is 5.93. The quantitative estimate of drug-likeness (QED) is 0.787. The molecule has 25 heavy (non-hydrogen) atoms. The van der Waals surface area contributed by atoms with Gasteiger partial charge in [-0.25, -0.2) is 13.4 Å². The van der Waals surface area contributed by atoms with Gasteiger partial charge in [0.1, 0.15) is 5.82 Å². The Morgan fingerprint density at radius 1 is 1.32 bits per heavy atom. The van der Waals surface area contributed by atoms with Crippen LogP contribution in [0.2, 0.25) is 0 Å². The van der Waals surface area contributed by atoms with Gasteiger partial charge in [-0.15, -0.1) is 0 Å². The number of carbonyl (C=O) groups is 1. The number of hydrogen-bond acceptors (Lipinski definition) is 6. The summed E-state index contributed by atoms with van der Waals surface area (Å²) in [5.74, 6) is 0.234. The van der Waals surface area contributed by atoms with Gasteiger partial charge in [0.05, 0.1) is 17.5 Å². The molecule has 7 nitrogen and oxygen atoms in total. The summed E-state index contributed by atoms with van der Waals surface area (Å²) in [5.41, 5.74) is 7.32. The van der Waals surface area contributed by atoms with E-state index in [1.54, 1.807) is 11.0 Å². The van der Waals surface area contributed by atoms with Crippen molar-refractivity contribution in [2.75, 3.05) is 36.9 Å². The second-order valence-corrected chi connectivity index (χ2v) is 9.11. The smallest absolute Gasteiger partial charge is 0.254 e. The SMILES string of the molecule is CC(C)=CCN1CCN(C(=O)c2ccnc(N)c2)[C@@H]2CS(=O)(=O)C[C@@H]21. The summed E-state index contributed by atoms with van der Waals surface area (Å²) < 4.78 is 24.5. The number of fused-ring (bicyclic) bond motifs is 1. The van der Waals surface area contributed by atoms with Crippen LogP contribution in [0.25, 0.3) is 0 Å². The Balaban J connectivity index is 1.86. The third-order valence-electron chi connectivity index (χ3n) is 4.81. The van der Waals surface area contributed by atoms with E-state index in [9.17, 15) is 13.2 Å². The molecule has 1 aromatic rings. The van der Waals surface area contributed by atoms with Crippen LogP contribution < -0.4 is 5.73 Å². The lowest BCUT2D eigenvalue weighted by molar-refractivity contribution is 0.0368. The molecule has 2 atom stereocenters. The van der Waals surface area contributed by atoms with Crippen molar-refractivity contribution in [2.24, 2.45) is 0 Å². The van der Waals surface area contributed by atoms with E-state index in [-0.39, 0.29) is 35.3 Å². The minimum absolute atomic E-state index is 0.0231. The molecule has 0 radical (unpaired) electrons. The number of piperazine rings is 1. The van der Waals surface area contributed by atoms with Crippen molar-refractivity contribution in [3.63, 3.8) is 0 Å². The zero-order valence-corrected chi connectivity index (χ0v) is 15.4. The molecule has 3 heterocycles. The Hall–Kier alpha value is -1.93. The lowest BCUT2D eigenvalue weighted by Crippen LogP contribution is -2.60. The van der Waals surface area contributed by atoms with Gasteiger partial charge in [-0.05, 0) is 26.0 Å². The molecular weight excluding hydrogens is 340 g/mol. The molecular formula is C17H24N4O3S. The van der Waals surface area contributed by atoms with E-state index >= 15 is 0 Å². The number of allylic oxidation sites excluding steroid dienone is 1. The highest BCUT2D eigenvalue weighted by Gasteiger charge is 2.47. The molecule has 1 amide bonds. The van der Waals surface area contributed by atoms with Gasteiger partial charge in [-0.1, -0.05) is 11.6 Å². The predicted molar refractivity (Wildman–Crippen MR) is 96.9 cm³/mol. The predicted octanol–water partition coefficient (Wildman–Crippen LogP) is 0.553. The zero-order chi connectivity index (χ0) is 18.2. The standard InChI is InChI=1S/C17H24N4O3S/c1-12(2)4-6-20-7-8-21(15-11-25(23,24)10-14(15)20)17(22)13-3-5-19-16(18)9-13/h3-5,9,14-15H,6-8,10-11H2,1-2H3,(H2,18,19)/t14-,15+/m0/s1. The highest BCUT2D eigenvalue weighted by Crippen LogP contribution is 2.28. The van der Waals surface area contributed by atoms with Crippen molar-refractivity contribution in [1.82, 2.24) is 14.8 Å². The normalized spacial score (nSPS) is 25.4. The highest BCUT2D eigenvalue weighted by molar-refractivity contribution is 7.91. The molecule has 3 rings (SSSR count). The van der Waals surface area contributed by atoms with Gasteiger partial charge in [0.25, 0.3) is 5.91 Å². The molecule has 0 bridgehead atoms. The van der Waals surface area contributed by atoms with Crippen molar-refractivity contribution in [1.29, 1.82) is 0 Å². The van der Waals surface area contributed by atoms with Crippen LogP contribution in [0.1, 0.15) is 24.2 Å². The third kappa shape index (κ3) is 3.85. The number of pyridine rings is 1. The molecule has 2 aliphatic heterocycles. The minimum Gasteiger partial charge on any atom is -0.384 e. The van der Waals surface area contributed by atoms with Gasteiger partial charge in [-0.3, -0.25) is 9.69 Å². The Labute approximate surface area is 148 Å². The number of hydrogen-bond donors (Lipinski definition) is 1. The van der Waals surface area contributed by atoms with E-state index < -0.39 is 9.84 Å². The van der Waals surface area contributed by atoms with Crippen LogP contribution in [0, 0.1) is 0 Å². The van der Waals surface area contributed by atoms with E-state index in [1.165, 1.54) is 17.8 Å². The summed E-state index contributed by atoms with van der Waals surface area (Å²) in [5, 5.41) is 0. The van der Waals surface area contributed by atoms with Crippen LogP contribution in [-0.4, -0.2) is 72.3 Å². The second-order valence-electron chi connectivity index (χ2n) is 6.96. The van der Waals surface area contributed by atoms with Gasteiger partial charge >= 0.3 is 0 Å². The number of amides is 1. The van der Waals surface area contributed by atoms with Crippen LogP contribution in [0.15, 0.2) is 30.0 Å². The van der Waals surface area contributed by atoms with E-state index in [1.807, 2.05) is 13.8 Å². The molecule has 8 heteroatoms. The van der Waals surface area contributed by atoms with Crippen LogP contribution in [-0.2, 0) is 9.84 Å². The topological polar surface area (TPSA) is 96.6 Å². The fourth-order valence-electron chi connectivity index (χ4n) is 3.55. The Bertz CT molecular complexity index is 802. The zero-order valence-electron chi connectivity index (χ0n) is 14.6. The minimum atomic E-state index is -3.15. The van der Waals surface area contributed by atoms with Crippen molar-refractivity contribution < 1.29 is 13.2 Å². The summed E-state index contributed by atoms with van der Waals surface area (Å²) >= 11 is 0. The van der Waals surface area contributed by atoms with Gasteiger partial charge in [0, 0.05) is 37.4 Å². The van der Waals surface area contributed by atoms with Crippen LogP contribution in [0.3, 0.4) is 0 Å².